The number of carbonyl (C=O) groups excluding carboxylic acids is 1. The van der Waals surface area contributed by atoms with Crippen molar-refractivity contribution in [3.8, 4) is 11.5 Å². The molecule has 1 amide bonds. The third kappa shape index (κ3) is 3.60. The Kier molecular flexibility index (Phi) is 4.23. The molecule has 2 rings (SSSR count). The van der Waals surface area contributed by atoms with Gasteiger partial charge in [-0.15, -0.1) is 0 Å². The average molecular weight is 284 g/mol. The van der Waals surface area contributed by atoms with Crippen LogP contribution >= 0.6 is 0 Å². The lowest BCUT2D eigenvalue weighted by molar-refractivity contribution is 0.0955. The first-order valence-electron chi connectivity index (χ1n) is 6.41. The van der Waals surface area contributed by atoms with Crippen molar-refractivity contribution in [1.29, 1.82) is 0 Å². The molecule has 0 heterocycles. The maximum absolute atomic E-state index is 11.9. The van der Waals surface area contributed by atoms with Gasteiger partial charge in [0, 0.05) is 17.2 Å². The molecule has 0 aliphatic rings. The molecule has 21 heavy (non-hydrogen) atoms. The Morgan fingerprint density at radius 1 is 1.10 bits per heavy atom. The lowest BCUT2D eigenvalue weighted by Crippen LogP contribution is -2.19. The Labute approximate surface area is 122 Å². The molecule has 0 atom stereocenters. The summed E-state index contributed by atoms with van der Waals surface area (Å²) in [5.74, 6) is -0.457. The van der Waals surface area contributed by atoms with Crippen molar-refractivity contribution >= 4 is 11.6 Å². The highest BCUT2D eigenvalue weighted by molar-refractivity contribution is 6.02. The highest BCUT2D eigenvalue weighted by Crippen LogP contribution is 2.22. The van der Waals surface area contributed by atoms with Gasteiger partial charge in [0.05, 0.1) is 5.71 Å². The van der Waals surface area contributed by atoms with Crippen molar-refractivity contribution in [3.05, 3.63) is 59.2 Å². The third-order valence-electron chi connectivity index (χ3n) is 3.01. The van der Waals surface area contributed by atoms with E-state index in [2.05, 4.69) is 10.5 Å². The van der Waals surface area contributed by atoms with E-state index in [0.29, 0.717) is 16.8 Å². The number of aryl methyl sites for hydroxylation is 1. The van der Waals surface area contributed by atoms with Gasteiger partial charge in [0.1, 0.15) is 11.5 Å². The average Bonchev–Trinajstić information content (AvgIpc) is 2.45. The van der Waals surface area contributed by atoms with Crippen LogP contribution in [-0.4, -0.2) is 21.8 Å². The summed E-state index contributed by atoms with van der Waals surface area (Å²) in [5.41, 5.74) is 4.89. The van der Waals surface area contributed by atoms with Crippen LogP contribution in [0.25, 0.3) is 0 Å². The molecule has 5 heteroatoms. The number of hydrazone groups is 1. The lowest BCUT2D eigenvalue weighted by Gasteiger charge is -2.05. The van der Waals surface area contributed by atoms with E-state index in [9.17, 15) is 15.0 Å². The highest BCUT2D eigenvalue weighted by atomic mass is 16.3. The van der Waals surface area contributed by atoms with Gasteiger partial charge in [-0.25, -0.2) is 5.43 Å². The van der Waals surface area contributed by atoms with Gasteiger partial charge in [-0.3, -0.25) is 4.79 Å². The molecular weight excluding hydrogens is 268 g/mol. The molecule has 5 nitrogen and oxygen atoms in total. The number of benzene rings is 2. The predicted octanol–water partition coefficient (Wildman–Crippen LogP) is 2.56. The fourth-order valence-corrected chi connectivity index (χ4v) is 1.79. The van der Waals surface area contributed by atoms with E-state index >= 15 is 0 Å². The summed E-state index contributed by atoms with van der Waals surface area (Å²) in [7, 11) is 0. The molecule has 0 saturated carbocycles. The largest absolute Gasteiger partial charge is 0.508 e. The van der Waals surface area contributed by atoms with E-state index in [-0.39, 0.29) is 17.4 Å². The van der Waals surface area contributed by atoms with Crippen molar-refractivity contribution in [1.82, 2.24) is 5.43 Å². The van der Waals surface area contributed by atoms with Gasteiger partial charge in [-0.05, 0) is 38.1 Å². The second-order valence-electron chi connectivity index (χ2n) is 4.71. The van der Waals surface area contributed by atoms with Gasteiger partial charge in [0.15, 0.2) is 0 Å². The SMILES string of the molecule is C/C(=N/NC(=O)c1ccc(C)cc1)c1ccc(O)cc1O. The Morgan fingerprint density at radius 2 is 1.76 bits per heavy atom. The summed E-state index contributed by atoms with van der Waals surface area (Å²) in [5, 5.41) is 22.9. The normalized spacial score (nSPS) is 11.2. The van der Waals surface area contributed by atoms with Gasteiger partial charge < -0.3 is 10.2 Å². The summed E-state index contributed by atoms with van der Waals surface area (Å²) >= 11 is 0. The van der Waals surface area contributed by atoms with Crippen molar-refractivity contribution < 1.29 is 15.0 Å². The molecule has 0 unspecified atom stereocenters. The van der Waals surface area contributed by atoms with Crippen molar-refractivity contribution in [3.63, 3.8) is 0 Å². The van der Waals surface area contributed by atoms with Crippen molar-refractivity contribution in [2.75, 3.05) is 0 Å². The Hall–Kier alpha value is -2.82. The minimum absolute atomic E-state index is 0.0345. The van der Waals surface area contributed by atoms with Gasteiger partial charge >= 0.3 is 0 Å². The second kappa shape index (κ2) is 6.09. The number of hydrogen-bond donors (Lipinski definition) is 3. The second-order valence-corrected chi connectivity index (χ2v) is 4.71. The molecule has 2 aromatic carbocycles. The molecule has 0 saturated heterocycles. The summed E-state index contributed by atoms with van der Waals surface area (Å²) in [6.45, 7) is 3.60. The lowest BCUT2D eigenvalue weighted by atomic mass is 10.1. The molecule has 3 N–H and O–H groups in total. The Bertz CT molecular complexity index is 691. The zero-order valence-corrected chi connectivity index (χ0v) is 11.8. The minimum Gasteiger partial charge on any atom is -0.508 e. The molecule has 0 aromatic heterocycles. The summed E-state index contributed by atoms with van der Waals surface area (Å²) in [6, 6.07) is 11.3. The van der Waals surface area contributed by atoms with Crippen LogP contribution in [0.1, 0.15) is 28.4 Å². The highest BCUT2D eigenvalue weighted by Gasteiger charge is 2.07. The van der Waals surface area contributed by atoms with Crippen molar-refractivity contribution in [2.24, 2.45) is 5.10 Å². The number of phenols is 2. The van der Waals surface area contributed by atoms with E-state index in [1.165, 1.54) is 18.2 Å². The smallest absolute Gasteiger partial charge is 0.271 e. The van der Waals surface area contributed by atoms with E-state index in [0.717, 1.165) is 5.56 Å². The van der Waals surface area contributed by atoms with Crippen molar-refractivity contribution in [2.45, 2.75) is 13.8 Å². The molecule has 0 aliphatic heterocycles. The quantitative estimate of drug-likeness (QED) is 0.598. The molecule has 0 aliphatic carbocycles. The van der Waals surface area contributed by atoms with Crippen LogP contribution in [0.2, 0.25) is 0 Å². The first kappa shape index (κ1) is 14.6. The molecule has 0 spiro atoms. The number of phenolic OH excluding ortho intramolecular Hbond substituents is 2. The van der Waals surface area contributed by atoms with Crippen LogP contribution in [0.15, 0.2) is 47.6 Å². The van der Waals surface area contributed by atoms with E-state index in [1.54, 1.807) is 19.1 Å². The van der Waals surface area contributed by atoms with Crippen LogP contribution in [0.3, 0.4) is 0 Å². The zero-order chi connectivity index (χ0) is 15.4. The maximum Gasteiger partial charge on any atom is 0.271 e. The number of carbonyl (C=O) groups is 1. The number of nitrogens with one attached hydrogen (secondary N) is 1. The first-order valence-corrected chi connectivity index (χ1v) is 6.41. The van der Waals surface area contributed by atoms with Gasteiger partial charge in [-0.1, -0.05) is 17.7 Å². The molecular formula is C16H16N2O3. The van der Waals surface area contributed by atoms with Crippen LogP contribution < -0.4 is 5.43 Å². The van der Waals surface area contributed by atoms with Gasteiger partial charge in [-0.2, -0.15) is 5.10 Å². The fourth-order valence-electron chi connectivity index (χ4n) is 1.79. The van der Waals surface area contributed by atoms with E-state index in [1.807, 2.05) is 19.1 Å². The first-order chi connectivity index (χ1) is 9.97. The minimum atomic E-state index is -0.326. The molecule has 0 bridgehead atoms. The molecule has 0 fully saturated rings. The number of aromatic hydroxyl groups is 2. The summed E-state index contributed by atoms with van der Waals surface area (Å²) in [6.07, 6.45) is 0. The number of nitrogens with zero attached hydrogens (tertiary/aromatic N) is 1. The van der Waals surface area contributed by atoms with Crippen LogP contribution in [0.4, 0.5) is 0 Å². The third-order valence-corrected chi connectivity index (χ3v) is 3.01. The summed E-state index contributed by atoms with van der Waals surface area (Å²) in [4.78, 5) is 11.9. The number of hydrogen-bond acceptors (Lipinski definition) is 4. The summed E-state index contributed by atoms with van der Waals surface area (Å²) < 4.78 is 0. The van der Waals surface area contributed by atoms with Crippen LogP contribution in [0, 0.1) is 6.92 Å². The topological polar surface area (TPSA) is 81.9 Å². The standard InChI is InChI=1S/C16H16N2O3/c1-10-3-5-12(6-4-10)16(21)18-17-11(2)14-8-7-13(19)9-15(14)20/h3-9,19-20H,1-2H3,(H,18,21)/b17-11-. The number of rotatable bonds is 3. The molecule has 2 aromatic rings. The fraction of sp³-hybridized carbons (Fsp3) is 0.125. The van der Waals surface area contributed by atoms with Crippen LogP contribution in [0.5, 0.6) is 11.5 Å². The van der Waals surface area contributed by atoms with Gasteiger partial charge in [0.25, 0.3) is 5.91 Å². The van der Waals surface area contributed by atoms with Gasteiger partial charge in [0.2, 0.25) is 0 Å². The van der Waals surface area contributed by atoms with E-state index in [4.69, 9.17) is 0 Å². The maximum atomic E-state index is 11.9. The Morgan fingerprint density at radius 3 is 2.38 bits per heavy atom. The molecule has 0 radical (unpaired) electrons. The predicted molar refractivity (Wildman–Crippen MR) is 80.6 cm³/mol. The van der Waals surface area contributed by atoms with Crippen LogP contribution in [-0.2, 0) is 0 Å². The monoisotopic (exact) mass is 284 g/mol. The van der Waals surface area contributed by atoms with E-state index < -0.39 is 0 Å². The number of amides is 1. The Balaban J connectivity index is 2.12. The zero-order valence-electron chi connectivity index (χ0n) is 11.8. The molecule has 108 valence electrons.